The highest BCUT2D eigenvalue weighted by atomic mass is 32.2. The summed E-state index contributed by atoms with van der Waals surface area (Å²) in [6.45, 7) is 14.9. The molecule has 9 heteroatoms. The smallest absolute Gasteiger partial charge is 0.287 e. The first-order valence-corrected chi connectivity index (χ1v) is 13.8. The fourth-order valence-corrected chi connectivity index (χ4v) is 2.72. The number of ether oxygens (including phenoxy) is 1. The summed E-state index contributed by atoms with van der Waals surface area (Å²) < 4.78 is 43.0. The predicted octanol–water partition coefficient (Wildman–Crippen LogP) is 5.97. The molecule has 0 fully saturated rings. The zero-order chi connectivity index (χ0) is 26.4. The topological polar surface area (TPSA) is 85.9 Å². The van der Waals surface area contributed by atoms with Crippen LogP contribution in [0.2, 0.25) is 0 Å². The lowest BCUT2D eigenvalue weighted by Crippen LogP contribution is -2.16. The summed E-state index contributed by atoms with van der Waals surface area (Å²) in [6.07, 6.45) is 3.31. The molecule has 0 saturated heterocycles. The van der Waals surface area contributed by atoms with Gasteiger partial charge in [0.1, 0.15) is 5.75 Å². The van der Waals surface area contributed by atoms with Crippen molar-refractivity contribution in [1.82, 2.24) is 9.44 Å². The van der Waals surface area contributed by atoms with Crippen molar-refractivity contribution in [3.05, 3.63) is 53.6 Å². The van der Waals surface area contributed by atoms with E-state index in [-0.39, 0.29) is 0 Å². The van der Waals surface area contributed by atoms with Crippen LogP contribution in [-0.4, -0.2) is 29.1 Å². The molecule has 0 aliphatic heterocycles. The van der Waals surface area contributed by atoms with E-state index in [0.717, 1.165) is 24.0 Å². The third-order valence-corrected chi connectivity index (χ3v) is 4.89. The Morgan fingerprint density at radius 1 is 0.765 bits per heavy atom. The van der Waals surface area contributed by atoms with Gasteiger partial charge >= 0.3 is 0 Å². The first kappa shape index (κ1) is 34.2. The molecule has 2 unspecified atom stereocenters. The number of benzene rings is 2. The minimum Gasteiger partial charge on any atom is -0.490 e. The van der Waals surface area contributed by atoms with E-state index in [9.17, 15) is 8.42 Å². The summed E-state index contributed by atoms with van der Waals surface area (Å²) in [6, 6.07) is 13.0. The molecule has 0 spiro atoms. The largest absolute Gasteiger partial charge is 0.490 e. The van der Waals surface area contributed by atoms with Gasteiger partial charge in [0.2, 0.25) is 0 Å². The van der Waals surface area contributed by atoms with E-state index in [1.54, 1.807) is 26.2 Å². The van der Waals surface area contributed by atoms with Crippen LogP contribution in [0.15, 0.2) is 42.5 Å². The van der Waals surface area contributed by atoms with E-state index < -0.39 is 22.5 Å². The molecule has 0 aromatic heterocycles. The minimum atomic E-state index is -1.53. The van der Waals surface area contributed by atoms with Crippen molar-refractivity contribution in [2.45, 2.75) is 67.7 Å². The monoisotopic (exact) mass is 516 g/mol. The quantitative estimate of drug-likeness (QED) is 0.380. The van der Waals surface area contributed by atoms with Gasteiger partial charge < -0.3 is 13.1 Å². The van der Waals surface area contributed by atoms with Crippen molar-refractivity contribution in [1.29, 1.82) is 0 Å². The molecule has 0 amide bonds. The van der Waals surface area contributed by atoms with Crippen LogP contribution in [0.5, 0.6) is 17.2 Å². The first-order chi connectivity index (χ1) is 16.3. The van der Waals surface area contributed by atoms with Gasteiger partial charge in [0, 0.05) is 0 Å². The Morgan fingerprint density at radius 2 is 1.26 bits per heavy atom. The zero-order valence-electron chi connectivity index (χ0n) is 22.2. The Kier molecular flexibility index (Phi) is 23.0. The summed E-state index contributed by atoms with van der Waals surface area (Å²) in [4.78, 5) is 0. The molecule has 0 bridgehead atoms. The number of hydrogen-bond acceptors (Lipinski definition) is 5. The maximum atomic E-state index is 11.3. The molecule has 34 heavy (non-hydrogen) atoms. The number of rotatable bonds is 10. The second-order valence-electron chi connectivity index (χ2n) is 6.72. The Balaban J connectivity index is 0. The first-order valence-electron chi connectivity index (χ1n) is 11.7. The molecule has 2 N–H and O–H groups in total. The van der Waals surface area contributed by atoms with Crippen LogP contribution in [0.3, 0.4) is 0 Å². The van der Waals surface area contributed by atoms with Gasteiger partial charge in [-0.15, -0.1) is 0 Å². The van der Waals surface area contributed by atoms with Crippen LogP contribution < -0.4 is 22.5 Å². The summed E-state index contributed by atoms with van der Waals surface area (Å²) in [5.41, 5.74) is 2.19. The highest BCUT2D eigenvalue weighted by Gasteiger charge is 2.08. The van der Waals surface area contributed by atoms with Gasteiger partial charge in [0.15, 0.2) is 11.5 Å². The number of nitrogens with one attached hydrogen (secondary N) is 2. The van der Waals surface area contributed by atoms with Crippen molar-refractivity contribution >= 4 is 22.5 Å². The molecule has 0 aliphatic carbocycles. The van der Waals surface area contributed by atoms with E-state index in [0.29, 0.717) is 23.9 Å². The lowest BCUT2D eigenvalue weighted by atomic mass is 10.2. The van der Waals surface area contributed by atoms with Crippen molar-refractivity contribution in [2.75, 3.05) is 20.7 Å². The fourth-order valence-electron chi connectivity index (χ4n) is 1.97. The number of aryl methyl sites for hydroxylation is 2. The summed E-state index contributed by atoms with van der Waals surface area (Å²) in [5.74, 6) is 1.75. The molecule has 0 radical (unpaired) electrons. The van der Waals surface area contributed by atoms with Gasteiger partial charge in [-0.1, -0.05) is 71.2 Å². The van der Waals surface area contributed by atoms with Gasteiger partial charge in [0.05, 0.1) is 6.61 Å². The molecule has 0 heterocycles. The van der Waals surface area contributed by atoms with Gasteiger partial charge in [0.25, 0.3) is 22.5 Å². The molecule has 2 aromatic rings. The average molecular weight is 517 g/mol. The standard InChI is InChI=1S/C12H19NO3S.C8H11NO2S.C3H8.C2H6/c1-4-5-8-15-11-7-6-10(2)9-12(11)16-17(14)13-3;1-7-3-5-8(6-4-7)11-12(10)9-2;1-3-2;1-2/h6-7,9,13H,4-5,8H2,1-3H3;3-6,9H,1-2H3;3H2,1-2H3;1-2H3. The second kappa shape index (κ2) is 22.8. The van der Waals surface area contributed by atoms with Gasteiger partial charge in [-0.25, -0.2) is 9.44 Å². The molecule has 0 aliphatic rings. The Bertz CT molecular complexity index is 802. The average Bonchev–Trinajstić information content (AvgIpc) is 2.84. The van der Waals surface area contributed by atoms with Crippen LogP contribution in [0.1, 0.15) is 65.0 Å². The van der Waals surface area contributed by atoms with Gasteiger partial charge in [-0.2, -0.15) is 8.42 Å². The summed E-state index contributed by atoms with van der Waals surface area (Å²) in [5, 5.41) is 0. The van der Waals surface area contributed by atoms with Crippen LogP contribution in [0.4, 0.5) is 0 Å². The van der Waals surface area contributed by atoms with Crippen molar-refractivity contribution in [3.63, 3.8) is 0 Å². The van der Waals surface area contributed by atoms with Crippen molar-refractivity contribution in [3.8, 4) is 17.2 Å². The molecule has 2 aromatic carbocycles. The SMILES string of the molecule is CC.CCC.CCCCOc1ccc(C)cc1OS(=O)NC.CNS(=O)Oc1ccc(C)cc1. The summed E-state index contributed by atoms with van der Waals surface area (Å²) >= 11 is -2.97. The molecular weight excluding hydrogens is 472 g/mol. The van der Waals surface area contributed by atoms with Crippen LogP contribution >= 0.6 is 0 Å². The maximum absolute atomic E-state index is 11.3. The molecule has 196 valence electrons. The highest BCUT2D eigenvalue weighted by Crippen LogP contribution is 2.28. The van der Waals surface area contributed by atoms with E-state index in [1.165, 1.54) is 6.42 Å². The molecule has 2 atom stereocenters. The minimum absolute atomic E-state index is 0.508. The zero-order valence-corrected chi connectivity index (χ0v) is 23.9. The second-order valence-corrected chi connectivity index (χ2v) is 8.81. The van der Waals surface area contributed by atoms with E-state index in [1.807, 2.05) is 58.0 Å². The highest BCUT2D eigenvalue weighted by molar-refractivity contribution is 7.78. The Hall–Kier alpha value is -1.94. The maximum Gasteiger partial charge on any atom is 0.287 e. The third-order valence-electron chi connectivity index (χ3n) is 3.55. The fraction of sp³-hybridized carbons (Fsp3) is 0.520. The van der Waals surface area contributed by atoms with Crippen molar-refractivity contribution in [2.24, 2.45) is 0 Å². The molecule has 7 nitrogen and oxygen atoms in total. The van der Waals surface area contributed by atoms with Crippen LogP contribution in [0, 0.1) is 13.8 Å². The normalized spacial score (nSPS) is 11.2. The molecule has 2 rings (SSSR count). The predicted molar refractivity (Wildman–Crippen MR) is 146 cm³/mol. The lowest BCUT2D eigenvalue weighted by molar-refractivity contribution is 0.301. The van der Waals surface area contributed by atoms with E-state index in [4.69, 9.17) is 13.1 Å². The lowest BCUT2D eigenvalue weighted by Gasteiger charge is -2.11. The Labute approximate surface area is 212 Å². The van der Waals surface area contributed by atoms with Crippen LogP contribution in [0.25, 0.3) is 0 Å². The number of hydrogen-bond donors (Lipinski definition) is 2. The van der Waals surface area contributed by atoms with E-state index >= 15 is 0 Å². The molecule has 0 saturated carbocycles. The van der Waals surface area contributed by atoms with E-state index in [2.05, 4.69) is 30.2 Å². The number of unbranched alkanes of at least 4 members (excludes halogenated alkanes) is 1. The summed E-state index contributed by atoms with van der Waals surface area (Å²) in [7, 11) is 3.15. The van der Waals surface area contributed by atoms with Crippen LogP contribution in [-0.2, 0) is 22.5 Å². The third kappa shape index (κ3) is 17.5. The molecular formula is C25H44N2O5S2. The Morgan fingerprint density at radius 3 is 1.76 bits per heavy atom. The van der Waals surface area contributed by atoms with Gasteiger partial charge in [-0.3, -0.25) is 0 Å². The van der Waals surface area contributed by atoms with Gasteiger partial charge in [-0.05, 0) is 64.2 Å². The van der Waals surface area contributed by atoms with Crippen molar-refractivity contribution < 1.29 is 21.5 Å².